The van der Waals surface area contributed by atoms with Crippen molar-refractivity contribution in [3.63, 3.8) is 0 Å². The molecule has 4 rings (SSSR count). The monoisotopic (exact) mass is 541 g/mol. The predicted molar refractivity (Wildman–Crippen MR) is 134 cm³/mol. The number of halogens is 1. The first kappa shape index (κ1) is 23.4. The zero-order chi connectivity index (χ0) is 20.1. The first-order valence-corrected chi connectivity index (χ1v) is 11.4. The van der Waals surface area contributed by atoms with Crippen LogP contribution in [0.4, 0.5) is 0 Å². The van der Waals surface area contributed by atoms with E-state index in [1.165, 1.54) is 5.56 Å². The Labute approximate surface area is 200 Å². The van der Waals surface area contributed by atoms with Crippen LogP contribution in [-0.4, -0.2) is 72.2 Å². The van der Waals surface area contributed by atoms with Crippen LogP contribution in [0.3, 0.4) is 0 Å². The van der Waals surface area contributed by atoms with Gasteiger partial charge in [-0.15, -0.1) is 35.3 Å². The topological polar surface area (TPSA) is 53.0 Å². The van der Waals surface area contributed by atoms with Crippen LogP contribution in [0.15, 0.2) is 40.7 Å². The summed E-state index contributed by atoms with van der Waals surface area (Å²) < 4.78 is 6.13. The molecule has 2 aliphatic rings. The highest BCUT2D eigenvalue weighted by atomic mass is 127. The van der Waals surface area contributed by atoms with Gasteiger partial charge in [-0.05, 0) is 19.4 Å². The van der Waals surface area contributed by atoms with Crippen molar-refractivity contribution < 1.29 is 4.74 Å². The van der Waals surface area contributed by atoms with Crippen LogP contribution in [0.2, 0.25) is 0 Å². The Kier molecular flexibility index (Phi) is 8.91. The average Bonchev–Trinajstić information content (AvgIpc) is 3.35. The second kappa shape index (κ2) is 11.4. The van der Waals surface area contributed by atoms with Gasteiger partial charge in [-0.3, -0.25) is 9.89 Å². The number of nitrogens with one attached hydrogen (secondary N) is 1. The van der Waals surface area contributed by atoms with Crippen molar-refractivity contribution in [1.29, 1.82) is 0 Å². The standard InChI is InChI=1S/C22H31N5OS.HI/c1-3-23-22(24-10-9-19-16-29-17(2)25-19)27-14-20-21(15-27)28-12-11-26(20)13-18-7-5-4-6-8-18;/h4-8,16,20-21H,3,9-15H2,1-2H3,(H,23,24);1H. The summed E-state index contributed by atoms with van der Waals surface area (Å²) in [7, 11) is 0. The average molecular weight is 542 g/mol. The maximum Gasteiger partial charge on any atom is 0.194 e. The molecule has 2 aromatic rings. The number of likely N-dealkylation sites (tertiary alicyclic amines) is 1. The Morgan fingerprint density at radius 1 is 1.30 bits per heavy atom. The van der Waals surface area contributed by atoms with Gasteiger partial charge in [-0.1, -0.05) is 30.3 Å². The molecule has 164 valence electrons. The number of aliphatic imine (C=N–C) groups is 1. The van der Waals surface area contributed by atoms with Crippen LogP contribution >= 0.6 is 35.3 Å². The molecule has 0 aliphatic carbocycles. The summed E-state index contributed by atoms with van der Waals surface area (Å²) in [5.41, 5.74) is 2.50. The van der Waals surface area contributed by atoms with E-state index in [1.807, 2.05) is 0 Å². The summed E-state index contributed by atoms with van der Waals surface area (Å²) in [5, 5.41) is 6.73. The van der Waals surface area contributed by atoms with E-state index < -0.39 is 0 Å². The molecule has 0 saturated carbocycles. The van der Waals surface area contributed by atoms with Crippen LogP contribution in [0.5, 0.6) is 0 Å². The minimum absolute atomic E-state index is 0. The number of guanidine groups is 1. The predicted octanol–water partition coefficient (Wildman–Crippen LogP) is 3.16. The van der Waals surface area contributed by atoms with E-state index in [9.17, 15) is 0 Å². The quantitative estimate of drug-likeness (QED) is 0.346. The second-order valence-electron chi connectivity index (χ2n) is 7.68. The normalized spacial score (nSPS) is 21.9. The van der Waals surface area contributed by atoms with Crippen LogP contribution in [0.25, 0.3) is 0 Å². The molecule has 0 spiro atoms. The lowest BCUT2D eigenvalue weighted by Gasteiger charge is -2.36. The summed E-state index contributed by atoms with van der Waals surface area (Å²) in [5.74, 6) is 0.997. The number of nitrogens with zero attached hydrogens (tertiary/aromatic N) is 4. The number of rotatable bonds is 6. The van der Waals surface area contributed by atoms with Gasteiger partial charge in [-0.25, -0.2) is 4.98 Å². The third-order valence-corrected chi connectivity index (χ3v) is 6.40. The van der Waals surface area contributed by atoms with Crippen LogP contribution in [-0.2, 0) is 17.7 Å². The van der Waals surface area contributed by atoms with Crippen LogP contribution in [0, 0.1) is 6.92 Å². The fraction of sp³-hybridized carbons (Fsp3) is 0.545. The van der Waals surface area contributed by atoms with E-state index in [0.29, 0.717) is 6.04 Å². The molecule has 2 atom stereocenters. The Balaban J connectivity index is 0.00000256. The largest absolute Gasteiger partial charge is 0.373 e. The lowest BCUT2D eigenvalue weighted by Crippen LogP contribution is -2.50. The summed E-state index contributed by atoms with van der Waals surface area (Å²) in [4.78, 5) is 14.4. The van der Waals surface area contributed by atoms with Gasteiger partial charge in [0, 0.05) is 51.1 Å². The number of aryl methyl sites for hydroxylation is 1. The fourth-order valence-electron chi connectivity index (χ4n) is 4.17. The number of aromatic nitrogens is 1. The SMILES string of the molecule is CCNC(=NCCc1csc(C)n1)N1CC2OCCN(Cc3ccccc3)C2C1.I. The molecule has 2 unspecified atom stereocenters. The number of hydrogen-bond acceptors (Lipinski definition) is 5. The molecular formula is C22H32IN5OS. The van der Waals surface area contributed by atoms with Gasteiger partial charge in [0.1, 0.15) is 0 Å². The molecule has 0 bridgehead atoms. The zero-order valence-corrected chi connectivity index (χ0v) is 20.9. The summed E-state index contributed by atoms with van der Waals surface area (Å²) >= 11 is 1.71. The molecule has 0 radical (unpaired) electrons. The third kappa shape index (κ3) is 5.93. The molecule has 1 aromatic carbocycles. The van der Waals surface area contributed by atoms with Crippen LogP contribution < -0.4 is 5.32 Å². The molecule has 2 aliphatic heterocycles. The van der Waals surface area contributed by atoms with E-state index in [1.54, 1.807) is 11.3 Å². The lowest BCUT2D eigenvalue weighted by molar-refractivity contribution is -0.0502. The van der Waals surface area contributed by atoms with Crippen molar-refractivity contribution in [3.8, 4) is 0 Å². The highest BCUT2D eigenvalue weighted by Gasteiger charge is 2.41. The summed E-state index contributed by atoms with van der Waals surface area (Å²) in [6.45, 7) is 10.4. The van der Waals surface area contributed by atoms with Crippen molar-refractivity contribution in [2.45, 2.75) is 39.0 Å². The van der Waals surface area contributed by atoms with E-state index in [0.717, 1.165) is 69.0 Å². The lowest BCUT2D eigenvalue weighted by atomic mass is 10.1. The molecule has 1 N–H and O–H groups in total. The fourth-order valence-corrected chi connectivity index (χ4v) is 4.82. The molecule has 3 heterocycles. The Morgan fingerprint density at radius 2 is 2.13 bits per heavy atom. The molecule has 1 aromatic heterocycles. The zero-order valence-electron chi connectivity index (χ0n) is 17.8. The van der Waals surface area contributed by atoms with Crippen molar-refractivity contribution in [3.05, 3.63) is 52.0 Å². The summed E-state index contributed by atoms with van der Waals surface area (Å²) in [6, 6.07) is 11.1. The molecule has 6 nitrogen and oxygen atoms in total. The van der Waals surface area contributed by atoms with Gasteiger partial charge in [0.25, 0.3) is 0 Å². The first-order chi connectivity index (χ1) is 14.2. The highest BCUT2D eigenvalue weighted by Crippen LogP contribution is 2.24. The molecule has 8 heteroatoms. The van der Waals surface area contributed by atoms with Gasteiger partial charge in [0.15, 0.2) is 5.96 Å². The number of fused-ring (bicyclic) bond motifs is 1. The number of thiazole rings is 1. The number of morpholine rings is 1. The van der Waals surface area contributed by atoms with Crippen molar-refractivity contribution in [1.82, 2.24) is 20.1 Å². The van der Waals surface area contributed by atoms with Gasteiger partial charge >= 0.3 is 0 Å². The summed E-state index contributed by atoms with van der Waals surface area (Å²) in [6.07, 6.45) is 1.13. The smallest absolute Gasteiger partial charge is 0.194 e. The van der Waals surface area contributed by atoms with E-state index >= 15 is 0 Å². The molecular weight excluding hydrogens is 509 g/mol. The maximum atomic E-state index is 6.13. The minimum atomic E-state index is 0. The van der Waals surface area contributed by atoms with E-state index in [4.69, 9.17) is 9.73 Å². The Morgan fingerprint density at radius 3 is 2.87 bits per heavy atom. The van der Waals surface area contributed by atoms with Gasteiger partial charge < -0.3 is 15.0 Å². The minimum Gasteiger partial charge on any atom is -0.373 e. The second-order valence-corrected chi connectivity index (χ2v) is 8.74. The van der Waals surface area contributed by atoms with Crippen LogP contribution in [0.1, 0.15) is 23.2 Å². The number of hydrogen-bond donors (Lipinski definition) is 1. The third-order valence-electron chi connectivity index (χ3n) is 5.58. The highest BCUT2D eigenvalue weighted by molar-refractivity contribution is 14.0. The molecule has 2 saturated heterocycles. The van der Waals surface area contributed by atoms with Gasteiger partial charge in [0.2, 0.25) is 0 Å². The first-order valence-electron chi connectivity index (χ1n) is 10.6. The Bertz CT molecular complexity index is 815. The van der Waals surface area contributed by atoms with Gasteiger partial charge in [0.05, 0.1) is 29.5 Å². The number of ether oxygens (including phenoxy) is 1. The van der Waals surface area contributed by atoms with E-state index in [2.05, 4.69) is 69.7 Å². The number of benzene rings is 1. The van der Waals surface area contributed by atoms with E-state index in [-0.39, 0.29) is 30.1 Å². The van der Waals surface area contributed by atoms with Gasteiger partial charge in [-0.2, -0.15) is 0 Å². The molecule has 2 fully saturated rings. The van der Waals surface area contributed by atoms with Crippen molar-refractivity contribution in [2.75, 3.05) is 39.3 Å². The Hall–Kier alpha value is -1.23. The molecule has 0 amide bonds. The van der Waals surface area contributed by atoms with Crippen molar-refractivity contribution >= 4 is 41.3 Å². The molecule has 30 heavy (non-hydrogen) atoms. The van der Waals surface area contributed by atoms with Crippen molar-refractivity contribution in [2.24, 2.45) is 4.99 Å². The maximum absolute atomic E-state index is 6.13.